The van der Waals surface area contributed by atoms with Gasteiger partial charge in [-0.3, -0.25) is 4.79 Å². The zero-order valence-corrected chi connectivity index (χ0v) is 12.1. The normalized spacial score (nSPS) is 19.0. The summed E-state index contributed by atoms with van der Waals surface area (Å²) in [5.74, 6) is -2.78. The molecule has 21 heavy (non-hydrogen) atoms. The molecule has 1 aliphatic heterocycles. The molecule has 114 valence electrons. The van der Waals surface area contributed by atoms with Gasteiger partial charge in [0.05, 0.1) is 11.3 Å². The molecule has 6 nitrogen and oxygen atoms in total. The first-order valence-electron chi connectivity index (χ1n) is 6.23. The van der Waals surface area contributed by atoms with Crippen LogP contribution in [0, 0.1) is 12.8 Å². The number of carboxylic acids is 1. The van der Waals surface area contributed by atoms with Crippen molar-refractivity contribution in [2.75, 3.05) is 17.2 Å². The van der Waals surface area contributed by atoms with E-state index in [-0.39, 0.29) is 24.4 Å². The van der Waals surface area contributed by atoms with E-state index in [0.717, 1.165) is 0 Å². The smallest absolute Gasteiger partial charge is 0.335 e. The summed E-state index contributed by atoms with van der Waals surface area (Å²) in [6.45, 7) is 1.75. The topological polar surface area (TPSA) is 91.8 Å². The summed E-state index contributed by atoms with van der Waals surface area (Å²) in [5, 5.41) is 9.01. The Hall–Kier alpha value is -1.96. The fourth-order valence-electron chi connectivity index (χ4n) is 2.47. The molecule has 1 atom stereocenters. The van der Waals surface area contributed by atoms with Crippen LogP contribution in [0.15, 0.2) is 18.2 Å². The monoisotopic (exact) mass is 315 g/mol. The van der Waals surface area contributed by atoms with Crippen molar-refractivity contribution in [3.63, 3.8) is 0 Å². The predicted molar refractivity (Wildman–Crippen MR) is 73.5 cm³/mol. The van der Waals surface area contributed by atoms with Crippen LogP contribution in [0.1, 0.15) is 22.3 Å². The lowest BCUT2D eigenvalue weighted by atomic mass is 10.1. The van der Waals surface area contributed by atoms with E-state index >= 15 is 0 Å². The number of nitrogens with zero attached hydrogens (tertiary/aromatic N) is 1. The van der Waals surface area contributed by atoms with Crippen molar-refractivity contribution < 1.29 is 27.0 Å². The highest BCUT2D eigenvalue weighted by atomic mass is 32.3. The molecule has 0 aliphatic carbocycles. The zero-order chi connectivity index (χ0) is 15.8. The van der Waals surface area contributed by atoms with E-state index in [1.54, 1.807) is 13.0 Å². The van der Waals surface area contributed by atoms with Gasteiger partial charge in [0.15, 0.2) is 0 Å². The number of carboxylic acid groups (broad SMARTS) is 1. The third kappa shape index (κ3) is 3.78. The molecule has 1 unspecified atom stereocenters. The maximum absolute atomic E-state index is 12.7. The first-order chi connectivity index (χ1) is 9.65. The van der Waals surface area contributed by atoms with Crippen LogP contribution in [0.25, 0.3) is 0 Å². The Labute approximate surface area is 121 Å². The van der Waals surface area contributed by atoms with E-state index in [2.05, 4.69) is 0 Å². The van der Waals surface area contributed by atoms with Gasteiger partial charge in [0.25, 0.3) is 0 Å². The number of hydrogen-bond acceptors (Lipinski definition) is 4. The standard InChI is InChI=1S/C13H14FNO5S/c1-8-2-10(13(17)18)5-11(3-8)15-6-9(4-12(15)16)7-21(14,19)20/h2-3,5,9H,4,6-7H2,1H3,(H,17,18). The Morgan fingerprint density at radius 3 is 2.67 bits per heavy atom. The van der Waals surface area contributed by atoms with Crippen molar-refractivity contribution in [2.24, 2.45) is 5.92 Å². The summed E-state index contributed by atoms with van der Waals surface area (Å²) >= 11 is 0. The maximum Gasteiger partial charge on any atom is 0.335 e. The third-order valence-corrected chi connectivity index (χ3v) is 4.13. The second-order valence-corrected chi connectivity index (χ2v) is 6.55. The second kappa shape index (κ2) is 5.44. The first-order valence-corrected chi connectivity index (χ1v) is 7.78. The molecule has 2 rings (SSSR count). The van der Waals surface area contributed by atoms with Crippen LogP contribution < -0.4 is 4.90 Å². The number of benzene rings is 1. The van der Waals surface area contributed by atoms with Gasteiger partial charge >= 0.3 is 16.2 Å². The Bertz CT molecular complexity index is 701. The molecule has 0 bridgehead atoms. The Kier molecular flexibility index (Phi) is 3.99. The van der Waals surface area contributed by atoms with Gasteiger partial charge in [0.1, 0.15) is 0 Å². The molecule has 1 heterocycles. The molecule has 0 saturated carbocycles. The Morgan fingerprint density at radius 2 is 2.10 bits per heavy atom. The molecule has 1 amide bonds. The number of carbonyl (C=O) groups excluding carboxylic acids is 1. The van der Waals surface area contributed by atoms with Gasteiger partial charge in [-0.2, -0.15) is 8.42 Å². The number of hydrogen-bond donors (Lipinski definition) is 1. The lowest BCUT2D eigenvalue weighted by molar-refractivity contribution is -0.117. The van der Waals surface area contributed by atoms with Gasteiger partial charge in [-0.05, 0) is 30.7 Å². The number of carbonyl (C=O) groups is 2. The quantitative estimate of drug-likeness (QED) is 0.847. The Balaban J connectivity index is 2.27. The van der Waals surface area contributed by atoms with E-state index in [4.69, 9.17) is 5.11 Å². The summed E-state index contributed by atoms with van der Waals surface area (Å²) in [5.41, 5.74) is 1.09. The highest BCUT2D eigenvalue weighted by molar-refractivity contribution is 7.86. The average Bonchev–Trinajstić information content (AvgIpc) is 2.66. The van der Waals surface area contributed by atoms with E-state index in [1.165, 1.54) is 17.0 Å². The van der Waals surface area contributed by atoms with Crippen LogP contribution in [0.5, 0.6) is 0 Å². The number of aryl methyl sites for hydroxylation is 1. The summed E-state index contributed by atoms with van der Waals surface area (Å²) in [6.07, 6.45) is -0.0699. The van der Waals surface area contributed by atoms with Crippen molar-refractivity contribution in [3.05, 3.63) is 29.3 Å². The molecule has 1 saturated heterocycles. The van der Waals surface area contributed by atoms with Crippen LogP contribution in [-0.2, 0) is 15.0 Å². The molecule has 0 radical (unpaired) electrons. The van der Waals surface area contributed by atoms with E-state index in [0.29, 0.717) is 11.3 Å². The lowest BCUT2D eigenvalue weighted by Crippen LogP contribution is -2.25. The summed E-state index contributed by atoms with van der Waals surface area (Å²) in [7, 11) is -4.64. The van der Waals surface area contributed by atoms with Crippen LogP contribution in [-0.4, -0.2) is 37.7 Å². The van der Waals surface area contributed by atoms with Crippen molar-refractivity contribution >= 4 is 27.8 Å². The molecule has 8 heteroatoms. The van der Waals surface area contributed by atoms with Gasteiger partial charge in [-0.15, -0.1) is 3.89 Å². The van der Waals surface area contributed by atoms with Gasteiger partial charge in [-0.1, -0.05) is 0 Å². The lowest BCUT2D eigenvalue weighted by Gasteiger charge is -2.17. The predicted octanol–water partition coefficient (Wildman–Crippen LogP) is 1.35. The number of halogens is 1. The van der Waals surface area contributed by atoms with E-state index < -0.39 is 27.9 Å². The van der Waals surface area contributed by atoms with Crippen molar-refractivity contribution in [1.29, 1.82) is 0 Å². The Morgan fingerprint density at radius 1 is 1.43 bits per heavy atom. The summed E-state index contributed by atoms with van der Waals surface area (Å²) in [6, 6.07) is 4.45. The molecular formula is C13H14FNO5S. The largest absolute Gasteiger partial charge is 0.478 e. The molecule has 0 spiro atoms. The molecule has 1 aliphatic rings. The van der Waals surface area contributed by atoms with Crippen molar-refractivity contribution in [2.45, 2.75) is 13.3 Å². The van der Waals surface area contributed by atoms with Crippen molar-refractivity contribution in [1.82, 2.24) is 0 Å². The summed E-state index contributed by atoms with van der Waals surface area (Å²) < 4.78 is 34.0. The SMILES string of the molecule is Cc1cc(C(=O)O)cc(N2CC(CS(=O)(=O)F)CC2=O)c1. The van der Waals surface area contributed by atoms with Gasteiger partial charge < -0.3 is 10.0 Å². The van der Waals surface area contributed by atoms with Gasteiger partial charge in [0, 0.05) is 24.6 Å². The van der Waals surface area contributed by atoms with Crippen LogP contribution >= 0.6 is 0 Å². The number of aromatic carboxylic acids is 1. The summed E-state index contributed by atoms with van der Waals surface area (Å²) in [4.78, 5) is 24.2. The third-order valence-electron chi connectivity index (χ3n) is 3.26. The molecule has 1 aromatic rings. The molecule has 1 N–H and O–H groups in total. The minimum Gasteiger partial charge on any atom is -0.478 e. The number of anilines is 1. The molecule has 0 aromatic heterocycles. The zero-order valence-electron chi connectivity index (χ0n) is 11.2. The van der Waals surface area contributed by atoms with E-state index in [1.807, 2.05) is 0 Å². The maximum atomic E-state index is 12.7. The van der Waals surface area contributed by atoms with E-state index in [9.17, 15) is 21.9 Å². The van der Waals surface area contributed by atoms with Crippen LogP contribution in [0.3, 0.4) is 0 Å². The first kappa shape index (κ1) is 15.4. The highest BCUT2D eigenvalue weighted by Gasteiger charge is 2.34. The van der Waals surface area contributed by atoms with Crippen molar-refractivity contribution in [3.8, 4) is 0 Å². The number of amides is 1. The van der Waals surface area contributed by atoms with Gasteiger partial charge in [0.2, 0.25) is 5.91 Å². The van der Waals surface area contributed by atoms with Crippen LogP contribution in [0.4, 0.5) is 9.57 Å². The fourth-order valence-corrected chi connectivity index (χ4v) is 3.25. The average molecular weight is 315 g/mol. The minimum atomic E-state index is -4.64. The second-order valence-electron chi connectivity index (χ2n) is 5.14. The molecular weight excluding hydrogens is 301 g/mol. The van der Waals surface area contributed by atoms with Crippen LogP contribution in [0.2, 0.25) is 0 Å². The van der Waals surface area contributed by atoms with Gasteiger partial charge in [-0.25, -0.2) is 4.79 Å². The highest BCUT2D eigenvalue weighted by Crippen LogP contribution is 2.28. The molecule has 1 aromatic carbocycles. The number of rotatable bonds is 4. The minimum absolute atomic E-state index is 0.0411. The fraction of sp³-hybridized carbons (Fsp3) is 0.385. The molecule has 1 fully saturated rings.